The molecule has 39 heavy (non-hydrogen) atoms. The Bertz CT molecular complexity index is 1560. The van der Waals surface area contributed by atoms with E-state index in [1.165, 1.54) is 12.1 Å². The van der Waals surface area contributed by atoms with E-state index in [1.807, 2.05) is 36.4 Å². The van der Waals surface area contributed by atoms with Crippen LogP contribution in [-0.2, 0) is 11.3 Å². The maximum atomic E-state index is 13.4. The molecule has 1 fully saturated rings. The van der Waals surface area contributed by atoms with Gasteiger partial charge in [0.2, 0.25) is 12.7 Å². The van der Waals surface area contributed by atoms with Crippen molar-refractivity contribution in [3.8, 4) is 17.6 Å². The summed E-state index contributed by atoms with van der Waals surface area (Å²) < 4.78 is 24.1. The van der Waals surface area contributed by atoms with Crippen molar-refractivity contribution >= 4 is 28.4 Å². The quantitative estimate of drug-likeness (QED) is 0.407. The van der Waals surface area contributed by atoms with Crippen molar-refractivity contribution in [2.75, 3.05) is 42.8 Å². The minimum Gasteiger partial charge on any atom is -0.454 e. The molecule has 10 heteroatoms. The third-order valence-electron chi connectivity index (χ3n) is 6.92. The highest BCUT2D eigenvalue weighted by molar-refractivity contribution is 5.89. The minimum atomic E-state index is -1.15. The van der Waals surface area contributed by atoms with Crippen molar-refractivity contribution in [2.45, 2.75) is 12.5 Å². The molecule has 2 aliphatic rings. The first-order valence-electron chi connectivity index (χ1n) is 12.7. The fourth-order valence-corrected chi connectivity index (χ4v) is 4.85. The number of amides is 1. The van der Waals surface area contributed by atoms with E-state index in [4.69, 9.17) is 19.4 Å². The number of nitriles is 1. The molecule has 0 spiro atoms. The zero-order valence-corrected chi connectivity index (χ0v) is 21.0. The number of carbonyl (C=O) groups excluding carboxylic acids is 1. The van der Waals surface area contributed by atoms with Gasteiger partial charge in [-0.25, -0.2) is 14.4 Å². The summed E-state index contributed by atoms with van der Waals surface area (Å²) in [5.74, 6) is -0.0612. The SMILES string of the molecule is N#CC(C(=O)NCc1ccc2c(c1)OCO2)c1nc2ccccc2nc1N1CCN(c2ccc(F)cc2)CC1. The second-order valence-corrected chi connectivity index (χ2v) is 9.34. The summed E-state index contributed by atoms with van der Waals surface area (Å²) in [7, 11) is 0. The maximum absolute atomic E-state index is 13.4. The van der Waals surface area contributed by atoms with Crippen molar-refractivity contribution in [3.05, 3.63) is 83.8 Å². The molecule has 0 saturated carbocycles. The number of hydrogen-bond acceptors (Lipinski definition) is 8. The lowest BCUT2D eigenvalue weighted by molar-refractivity contribution is -0.121. The van der Waals surface area contributed by atoms with Gasteiger partial charge in [0.25, 0.3) is 0 Å². The molecule has 196 valence electrons. The van der Waals surface area contributed by atoms with Gasteiger partial charge in [-0.1, -0.05) is 18.2 Å². The third-order valence-corrected chi connectivity index (χ3v) is 6.92. The van der Waals surface area contributed by atoms with E-state index in [9.17, 15) is 14.4 Å². The molecule has 2 aliphatic heterocycles. The summed E-state index contributed by atoms with van der Waals surface area (Å²) in [4.78, 5) is 27.1. The summed E-state index contributed by atoms with van der Waals surface area (Å²) in [6.45, 7) is 2.95. The van der Waals surface area contributed by atoms with Gasteiger partial charge in [-0.15, -0.1) is 0 Å². The van der Waals surface area contributed by atoms with Gasteiger partial charge in [-0.3, -0.25) is 4.79 Å². The van der Waals surface area contributed by atoms with Crippen LogP contribution >= 0.6 is 0 Å². The first-order chi connectivity index (χ1) is 19.1. The van der Waals surface area contributed by atoms with Gasteiger partial charge >= 0.3 is 0 Å². The van der Waals surface area contributed by atoms with Gasteiger partial charge in [0, 0.05) is 38.4 Å². The number of piperazine rings is 1. The first-order valence-corrected chi connectivity index (χ1v) is 12.7. The molecule has 4 aromatic rings. The predicted octanol–water partition coefficient (Wildman–Crippen LogP) is 3.75. The predicted molar refractivity (Wildman–Crippen MR) is 143 cm³/mol. The molecule has 0 radical (unpaired) electrons. The Morgan fingerprint density at radius 3 is 2.38 bits per heavy atom. The molecular formula is C29H25FN6O3. The van der Waals surface area contributed by atoms with Crippen molar-refractivity contribution < 1.29 is 18.7 Å². The van der Waals surface area contributed by atoms with E-state index in [1.54, 1.807) is 18.2 Å². The van der Waals surface area contributed by atoms with Gasteiger partial charge in [0.1, 0.15) is 11.5 Å². The van der Waals surface area contributed by atoms with E-state index in [-0.39, 0.29) is 19.2 Å². The number of aromatic nitrogens is 2. The minimum absolute atomic E-state index is 0.170. The first kappa shape index (κ1) is 24.4. The normalized spacial score (nSPS) is 15.2. The smallest absolute Gasteiger partial charge is 0.243 e. The maximum Gasteiger partial charge on any atom is 0.243 e. The molecule has 1 N–H and O–H groups in total. The zero-order valence-electron chi connectivity index (χ0n) is 21.0. The van der Waals surface area contributed by atoms with Crippen LogP contribution in [0.1, 0.15) is 17.2 Å². The van der Waals surface area contributed by atoms with Crippen molar-refractivity contribution in [2.24, 2.45) is 0 Å². The molecule has 1 saturated heterocycles. The Hall–Kier alpha value is -4.91. The Balaban J connectivity index is 1.24. The largest absolute Gasteiger partial charge is 0.454 e. The second kappa shape index (κ2) is 10.5. The number of benzene rings is 3. The van der Waals surface area contributed by atoms with E-state index in [0.29, 0.717) is 60.2 Å². The molecule has 1 aromatic heterocycles. The molecule has 9 nitrogen and oxygen atoms in total. The number of halogens is 1. The van der Waals surface area contributed by atoms with E-state index in [0.717, 1.165) is 11.3 Å². The summed E-state index contributed by atoms with van der Waals surface area (Å²) in [6, 6.07) is 21.5. The average molecular weight is 525 g/mol. The van der Waals surface area contributed by atoms with Crippen molar-refractivity contribution in [1.29, 1.82) is 5.26 Å². The molecule has 1 unspecified atom stereocenters. The number of ether oxygens (including phenoxy) is 2. The van der Waals surface area contributed by atoms with Crippen molar-refractivity contribution in [1.82, 2.24) is 15.3 Å². The van der Waals surface area contributed by atoms with Crippen LogP contribution in [0.4, 0.5) is 15.9 Å². The fourth-order valence-electron chi connectivity index (χ4n) is 4.85. The van der Waals surface area contributed by atoms with Crippen LogP contribution in [0.25, 0.3) is 11.0 Å². The van der Waals surface area contributed by atoms with Gasteiger partial charge in [0.15, 0.2) is 23.2 Å². The molecule has 1 atom stereocenters. The topological polar surface area (TPSA) is 104 Å². The summed E-state index contributed by atoms with van der Waals surface area (Å²) >= 11 is 0. The van der Waals surface area contributed by atoms with Crippen LogP contribution in [0.3, 0.4) is 0 Å². The van der Waals surface area contributed by atoms with Crippen molar-refractivity contribution in [3.63, 3.8) is 0 Å². The van der Waals surface area contributed by atoms with Gasteiger partial charge in [-0.05, 0) is 54.1 Å². The number of carbonyl (C=O) groups is 1. The van der Waals surface area contributed by atoms with E-state index < -0.39 is 11.8 Å². The van der Waals surface area contributed by atoms with E-state index >= 15 is 0 Å². The summed E-state index contributed by atoms with van der Waals surface area (Å²) in [6.07, 6.45) is 0. The number of hydrogen-bond donors (Lipinski definition) is 1. The highest BCUT2D eigenvalue weighted by atomic mass is 19.1. The van der Waals surface area contributed by atoms with Gasteiger partial charge in [-0.2, -0.15) is 5.26 Å². The Labute approximate surface area is 224 Å². The Morgan fingerprint density at radius 2 is 1.64 bits per heavy atom. The van der Waals surface area contributed by atoms with Crippen LogP contribution in [0.2, 0.25) is 0 Å². The molecule has 3 aromatic carbocycles. The highest BCUT2D eigenvalue weighted by Crippen LogP contribution is 2.33. The van der Waals surface area contributed by atoms with Crippen LogP contribution in [0.15, 0.2) is 66.7 Å². The lowest BCUT2D eigenvalue weighted by Gasteiger charge is -2.37. The van der Waals surface area contributed by atoms with Gasteiger partial charge < -0.3 is 24.6 Å². The Kier molecular flexibility index (Phi) is 6.55. The van der Waals surface area contributed by atoms with Crippen LogP contribution in [0.5, 0.6) is 11.5 Å². The van der Waals surface area contributed by atoms with Crippen LogP contribution in [-0.4, -0.2) is 48.8 Å². The highest BCUT2D eigenvalue weighted by Gasteiger charge is 2.30. The summed E-state index contributed by atoms with van der Waals surface area (Å²) in [5, 5.41) is 13.0. The Morgan fingerprint density at radius 1 is 0.949 bits per heavy atom. The fraction of sp³-hybridized carbons (Fsp3) is 0.241. The standard InChI is InChI=1S/C29H25FN6O3/c30-20-6-8-21(9-7-20)35-11-13-36(14-12-35)28-27(33-23-3-1-2-4-24(23)34-28)22(16-31)29(37)32-17-19-5-10-25-26(15-19)39-18-38-25/h1-10,15,22H,11-14,17-18H2,(H,32,37). The van der Waals surface area contributed by atoms with Crippen LogP contribution < -0.4 is 24.6 Å². The molecule has 1 amide bonds. The second-order valence-electron chi connectivity index (χ2n) is 9.34. The zero-order chi connectivity index (χ0) is 26.8. The number of anilines is 2. The van der Waals surface area contributed by atoms with Crippen LogP contribution in [0, 0.1) is 17.1 Å². The summed E-state index contributed by atoms with van der Waals surface area (Å²) in [5.41, 5.74) is 3.40. The number of nitrogens with one attached hydrogen (secondary N) is 1. The molecule has 6 rings (SSSR count). The molecule has 0 bridgehead atoms. The number of fused-ring (bicyclic) bond motifs is 2. The van der Waals surface area contributed by atoms with Gasteiger partial charge in [0.05, 0.1) is 17.1 Å². The lowest BCUT2D eigenvalue weighted by atomic mass is 10.0. The average Bonchev–Trinajstić information content (AvgIpc) is 3.45. The number of rotatable bonds is 6. The third kappa shape index (κ3) is 4.99. The van der Waals surface area contributed by atoms with E-state index in [2.05, 4.69) is 21.2 Å². The molecular weight excluding hydrogens is 499 g/mol. The number of para-hydroxylation sites is 2. The molecule has 0 aliphatic carbocycles. The monoisotopic (exact) mass is 524 g/mol. The number of nitrogens with zero attached hydrogens (tertiary/aromatic N) is 5. The molecule has 3 heterocycles. The lowest BCUT2D eigenvalue weighted by Crippen LogP contribution is -2.47.